The van der Waals surface area contributed by atoms with Gasteiger partial charge in [0.15, 0.2) is 0 Å². The largest absolute Gasteiger partial charge is 0.490 e. The van der Waals surface area contributed by atoms with Crippen LogP contribution in [0.5, 0.6) is 0 Å². The molecule has 0 amide bonds. The summed E-state index contributed by atoms with van der Waals surface area (Å²) >= 11 is 1.84. The molecule has 1 unspecified atom stereocenters. The van der Waals surface area contributed by atoms with Gasteiger partial charge in [-0.1, -0.05) is 6.07 Å². The zero-order valence-corrected chi connectivity index (χ0v) is 19.9. The summed E-state index contributed by atoms with van der Waals surface area (Å²) < 4.78 is 71.5. The van der Waals surface area contributed by atoms with Crippen LogP contribution >= 0.6 is 11.3 Å². The third-order valence-electron chi connectivity index (χ3n) is 5.14. The average Bonchev–Trinajstić information content (AvgIpc) is 3.30. The van der Waals surface area contributed by atoms with Crippen molar-refractivity contribution in [3.8, 4) is 0 Å². The van der Waals surface area contributed by atoms with Crippen molar-refractivity contribution in [3.05, 3.63) is 39.8 Å². The first kappa shape index (κ1) is 29.6. The zero-order valence-electron chi connectivity index (χ0n) is 19.1. The van der Waals surface area contributed by atoms with Crippen LogP contribution in [0.4, 0.5) is 26.3 Å². The smallest absolute Gasteiger partial charge is 0.475 e. The van der Waals surface area contributed by atoms with Crippen LogP contribution in [0.2, 0.25) is 0 Å². The molecule has 2 aliphatic rings. The number of rotatable bonds is 6. The second kappa shape index (κ2) is 12.5. The first-order valence-corrected chi connectivity index (χ1v) is 11.5. The summed E-state index contributed by atoms with van der Waals surface area (Å²) in [6, 6.07) is 4.36. The Morgan fingerprint density at radius 2 is 1.69 bits per heavy atom. The summed E-state index contributed by atoms with van der Waals surface area (Å²) in [5, 5.41) is 20.9. The number of alkyl halides is 6. The Balaban J connectivity index is 0.000000271. The molecule has 4 rings (SSSR count). The van der Waals surface area contributed by atoms with E-state index in [0.717, 1.165) is 38.8 Å². The van der Waals surface area contributed by atoms with Crippen LogP contribution in [0.25, 0.3) is 0 Å². The zero-order chi connectivity index (χ0) is 27.1. The van der Waals surface area contributed by atoms with Crippen LogP contribution in [-0.2, 0) is 34.5 Å². The van der Waals surface area contributed by atoms with E-state index >= 15 is 0 Å². The molecule has 15 heteroatoms. The highest BCUT2D eigenvalue weighted by molar-refractivity contribution is 7.09. The third kappa shape index (κ3) is 9.78. The number of carboxylic acid groups (broad SMARTS) is 2. The molecule has 1 atom stereocenters. The quantitative estimate of drug-likeness (QED) is 0.523. The van der Waals surface area contributed by atoms with E-state index in [0.29, 0.717) is 5.92 Å². The molecule has 0 radical (unpaired) electrons. The predicted octanol–water partition coefficient (Wildman–Crippen LogP) is 4.27. The summed E-state index contributed by atoms with van der Waals surface area (Å²) in [7, 11) is 2.06. The van der Waals surface area contributed by atoms with E-state index in [-0.39, 0.29) is 0 Å². The van der Waals surface area contributed by atoms with Crippen LogP contribution in [0.15, 0.2) is 23.7 Å². The first-order chi connectivity index (χ1) is 16.7. The standard InChI is InChI=1S/C17H23N3OS.2C2HF3O2/c1-19-17-14(7-18-19)8-20(10-16-3-2-6-22-16)9-15(17)12-21-11-13-4-5-13;2*3-2(4,5)1(6)7/h2-3,6-7,13,15H,4-5,8-12H2,1H3;2*(H,6,7). The topological polar surface area (TPSA) is 105 Å². The molecule has 0 saturated heterocycles. The number of fused-ring (bicyclic) bond motifs is 1. The Hall–Kier alpha value is -2.65. The maximum Gasteiger partial charge on any atom is 0.490 e. The first-order valence-electron chi connectivity index (χ1n) is 10.6. The van der Waals surface area contributed by atoms with Crippen molar-refractivity contribution in [2.24, 2.45) is 13.0 Å². The lowest BCUT2D eigenvalue weighted by Gasteiger charge is -2.32. The second-order valence-corrected chi connectivity index (χ2v) is 9.24. The van der Waals surface area contributed by atoms with Crippen molar-refractivity contribution < 1.29 is 50.9 Å². The molecule has 0 bridgehead atoms. The fraction of sp³-hybridized carbons (Fsp3) is 0.571. The molecule has 1 saturated carbocycles. The number of ether oxygens (including phenoxy) is 1. The lowest BCUT2D eigenvalue weighted by Crippen LogP contribution is -2.35. The summed E-state index contributed by atoms with van der Waals surface area (Å²) in [4.78, 5) is 21.8. The van der Waals surface area contributed by atoms with Crippen molar-refractivity contribution in [2.75, 3.05) is 19.8 Å². The fourth-order valence-electron chi connectivity index (χ4n) is 3.38. The van der Waals surface area contributed by atoms with E-state index in [1.54, 1.807) is 0 Å². The van der Waals surface area contributed by atoms with Gasteiger partial charge in [0.1, 0.15) is 0 Å². The van der Waals surface area contributed by atoms with Crippen molar-refractivity contribution in [3.63, 3.8) is 0 Å². The Bertz CT molecular complexity index is 965. The van der Waals surface area contributed by atoms with Gasteiger partial charge in [0.2, 0.25) is 0 Å². The number of hydrogen-bond donors (Lipinski definition) is 2. The monoisotopic (exact) mass is 545 g/mol. The highest BCUT2D eigenvalue weighted by Crippen LogP contribution is 2.32. The molecule has 0 aromatic carbocycles. The van der Waals surface area contributed by atoms with Gasteiger partial charge in [0.05, 0.1) is 12.8 Å². The number of aromatic nitrogens is 2. The molecule has 0 spiro atoms. The normalized spacial score (nSPS) is 17.8. The molecule has 2 N–H and O–H groups in total. The van der Waals surface area contributed by atoms with E-state index in [2.05, 4.69) is 34.6 Å². The molecule has 1 aliphatic carbocycles. The molecule has 3 heterocycles. The van der Waals surface area contributed by atoms with Gasteiger partial charge in [0, 0.05) is 55.3 Å². The van der Waals surface area contributed by atoms with Crippen molar-refractivity contribution >= 4 is 23.3 Å². The molecule has 1 fully saturated rings. The fourth-order valence-corrected chi connectivity index (χ4v) is 4.13. The summed E-state index contributed by atoms with van der Waals surface area (Å²) in [5.74, 6) is -4.24. The summed E-state index contributed by atoms with van der Waals surface area (Å²) in [6.07, 6.45) is -5.43. The van der Waals surface area contributed by atoms with Gasteiger partial charge in [0.25, 0.3) is 0 Å². The van der Waals surface area contributed by atoms with Gasteiger partial charge in [-0.2, -0.15) is 31.4 Å². The van der Waals surface area contributed by atoms with Crippen LogP contribution in [0.3, 0.4) is 0 Å². The number of carbonyl (C=O) groups is 2. The number of aryl methyl sites for hydroxylation is 1. The lowest BCUT2D eigenvalue weighted by molar-refractivity contribution is -0.193. The molecule has 202 valence electrons. The van der Waals surface area contributed by atoms with Gasteiger partial charge in [-0.25, -0.2) is 9.59 Å². The maximum absolute atomic E-state index is 10.6. The SMILES string of the molecule is Cn1ncc2c1C(COCC1CC1)CN(Cc1cccs1)C2.O=C(O)C(F)(F)F.O=C(O)C(F)(F)F. The van der Waals surface area contributed by atoms with Crippen LogP contribution < -0.4 is 0 Å². The van der Waals surface area contributed by atoms with E-state index in [1.165, 1.54) is 29.0 Å². The van der Waals surface area contributed by atoms with E-state index in [1.807, 2.05) is 22.2 Å². The Morgan fingerprint density at radius 3 is 2.17 bits per heavy atom. The van der Waals surface area contributed by atoms with Crippen molar-refractivity contribution in [2.45, 2.75) is 44.2 Å². The van der Waals surface area contributed by atoms with E-state index in [9.17, 15) is 26.3 Å². The predicted molar refractivity (Wildman–Crippen MR) is 115 cm³/mol. The van der Waals surface area contributed by atoms with Gasteiger partial charge in [-0.05, 0) is 30.2 Å². The minimum atomic E-state index is -5.08. The molecule has 2 aromatic rings. The molecular weight excluding hydrogens is 520 g/mol. The number of aliphatic carboxylic acids is 2. The summed E-state index contributed by atoms with van der Waals surface area (Å²) in [5.41, 5.74) is 2.74. The Morgan fingerprint density at radius 1 is 1.11 bits per heavy atom. The molecule has 1 aliphatic heterocycles. The number of halogens is 6. The van der Waals surface area contributed by atoms with Gasteiger partial charge in [-0.3, -0.25) is 9.58 Å². The Labute approximate surface area is 206 Å². The van der Waals surface area contributed by atoms with Crippen molar-refractivity contribution in [1.82, 2.24) is 14.7 Å². The second-order valence-electron chi connectivity index (χ2n) is 8.21. The number of thiophene rings is 1. The Kier molecular flexibility index (Phi) is 10.3. The summed E-state index contributed by atoms with van der Waals surface area (Å²) in [6.45, 7) is 4.86. The van der Waals surface area contributed by atoms with Crippen LogP contribution in [0.1, 0.15) is 34.9 Å². The highest BCUT2D eigenvalue weighted by Gasteiger charge is 2.39. The van der Waals surface area contributed by atoms with Gasteiger partial charge in [-0.15, -0.1) is 11.3 Å². The van der Waals surface area contributed by atoms with Gasteiger partial charge < -0.3 is 14.9 Å². The van der Waals surface area contributed by atoms with Crippen LogP contribution in [0, 0.1) is 5.92 Å². The maximum atomic E-state index is 10.6. The lowest BCUT2D eigenvalue weighted by atomic mass is 9.97. The number of carboxylic acids is 2. The number of nitrogens with zero attached hydrogens (tertiary/aromatic N) is 3. The average molecular weight is 546 g/mol. The number of hydrogen-bond acceptors (Lipinski definition) is 6. The molecular formula is C21H25F6N3O5S. The minimum absolute atomic E-state index is 0.440. The van der Waals surface area contributed by atoms with E-state index < -0.39 is 24.3 Å². The minimum Gasteiger partial charge on any atom is -0.475 e. The molecule has 36 heavy (non-hydrogen) atoms. The van der Waals surface area contributed by atoms with Crippen LogP contribution in [-0.4, -0.2) is 68.9 Å². The van der Waals surface area contributed by atoms with Gasteiger partial charge >= 0.3 is 24.3 Å². The van der Waals surface area contributed by atoms with E-state index in [4.69, 9.17) is 24.5 Å². The molecule has 8 nitrogen and oxygen atoms in total. The molecule has 2 aromatic heterocycles. The third-order valence-corrected chi connectivity index (χ3v) is 6.00. The van der Waals surface area contributed by atoms with Crippen molar-refractivity contribution in [1.29, 1.82) is 0 Å². The highest BCUT2D eigenvalue weighted by atomic mass is 32.1.